The third kappa shape index (κ3) is 3.60. The van der Waals surface area contributed by atoms with Crippen LogP contribution in [0.5, 0.6) is 5.75 Å². The number of ether oxygens (including phenoxy) is 1. The van der Waals surface area contributed by atoms with Gasteiger partial charge in [-0.1, -0.05) is 26.0 Å². The third-order valence-electron chi connectivity index (χ3n) is 1.80. The van der Waals surface area contributed by atoms with Crippen molar-refractivity contribution in [3.8, 4) is 5.75 Å². The molecule has 0 spiro atoms. The minimum absolute atomic E-state index is 0.214. The first kappa shape index (κ1) is 11.4. The standard InChI is InChI=1S/C11H17NOS/c1-8(2)7-13-10-5-3-9(4-6-10)11(12)14/h3-6,8,11,14H,7,12H2,1-2H3. The molecule has 0 aromatic heterocycles. The van der Waals surface area contributed by atoms with Crippen LogP contribution >= 0.6 is 12.6 Å². The summed E-state index contributed by atoms with van der Waals surface area (Å²) in [7, 11) is 0. The maximum absolute atomic E-state index is 5.61. The molecule has 0 radical (unpaired) electrons. The zero-order valence-electron chi connectivity index (χ0n) is 8.60. The van der Waals surface area contributed by atoms with Gasteiger partial charge in [-0.3, -0.25) is 0 Å². The molecule has 2 nitrogen and oxygen atoms in total. The van der Waals surface area contributed by atoms with E-state index in [4.69, 9.17) is 10.5 Å². The van der Waals surface area contributed by atoms with E-state index in [1.807, 2.05) is 24.3 Å². The molecule has 0 amide bonds. The first-order valence-corrected chi connectivity index (χ1v) is 5.27. The normalized spacial score (nSPS) is 12.9. The first-order valence-electron chi connectivity index (χ1n) is 4.76. The lowest BCUT2D eigenvalue weighted by Gasteiger charge is -2.10. The molecule has 1 aromatic carbocycles. The molecular weight excluding hydrogens is 194 g/mol. The van der Waals surface area contributed by atoms with Crippen molar-refractivity contribution >= 4 is 12.6 Å². The van der Waals surface area contributed by atoms with Crippen LogP contribution in [0, 0.1) is 5.92 Å². The summed E-state index contributed by atoms with van der Waals surface area (Å²) in [5.41, 5.74) is 6.61. The monoisotopic (exact) mass is 211 g/mol. The minimum Gasteiger partial charge on any atom is -0.493 e. The van der Waals surface area contributed by atoms with Crippen LogP contribution in [0.2, 0.25) is 0 Å². The van der Waals surface area contributed by atoms with Crippen molar-refractivity contribution in [2.24, 2.45) is 11.7 Å². The summed E-state index contributed by atoms with van der Waals surface area (Å²) in [5, 5.41) is -0.214. The Morgan fingerprint density at radius 3 is 2.29 bits per heavy atom. The molecule has 0 aliphatic rings. The van der Waals surface area contributed by atoms with Gasteiger partial charge in [0.15, 0.2) is 0 Å². The zero-order valence-corrected chi connectivity index (χ0v) is 9.50. The summed E-state index contributed by atoms with van der Waals surface area (Å²) in [6, 6.07) is 7.72. The van der Waals surface area contributed by atoms with E-state index in [2.05, 4.69) is 26.5 Å². The minimum atomic E-state index is -0.214. The molecule has 0 saturated carbocycles. The molecule has 0 heterocycles. The molecule has 1 aromatic rings. The van der Waals surface area contributed by atoms with Crippen molar-refractivity contribution in [3.05, 3.63) is 29.8 Å². The topological polar surface area (TPSA) is 35.2 Å². The van der Waals surface area contributed by atoms with Gasteiger partial charge in [0.1, 0.15) is 5.75 Å². The van der Waals surface area contributed by atoms with Gasteiger partial charge in [-0.25, -0.2) is 0 Å². The number of rotatable bonds is 4. The summed E-state index contributed by atoms with van der Waals surface area (Å²) in [4.78, 5) is 0. The number of nitrogens with two attached hydrogens (primary N) is 1. The molecule has 0 aliphatic heterocycles. The maximum Gasteiger partial charge on any atom is 0.119 e. The average molecular weight is 211 g/mol. The van der Waals surface area contributed by atoms with Crippen molar-refractivity contribution < 1.29 is 4.74 Å². The molecule has 1 atom stereocenters. The summed E-state index contributed by atoms with van der Waals surface area (Å²) in [6.45, 7) is 4.99. The quantitative estimate of drug-likeness (QED) is 0.593. The second-order valence-corrected chi connectivity index (χ2v) is 4.28. The molecular formula is C11H17NOS. The largest absolute Gasteiger partial charge is 0.493 e. The van der Waals surface area contributed by atoms with Crippen LogP contribution in [-0.4, -0.2) is 6.61 Å². The number of hydrogen-bond donors (Lipinski definition) is 2. The number of benzene rings is 1. The second kappa shape index (κ2) is 5.27. The molecule has 0 saturated heterocycles. The van der Waals surface area contributed by atoms with Crippen LogP contribution in [0.3, 0.4) is 0 Å². The molecule has 14 heavy (non-hydrogen) atoms. The van der Waals surface area contributed by atoms with E-state index >= 15 is 0 Å². The van der Waals surface area contributed by atoms with Gasteiger partial charge in [-0.05, 0) is 23.6 Å². The van der Waals surface area contributed by atoms with Crippen LogP contribution in [-0.2, 0) is 0 Å². The molecule has 0 fully saturated rings. The van der Waals surface area contributed by atoms with Gasteiger partial charge in [0, 0.05) is 0 Å². The van der Waals surface area contributed by atoms with E-state index < -0.39 is 0 Å². The first-order chi connectivity index (χ1) is 6.59. The van der Waals surface area contributed by atoms with Crippen molar-refractivity contribution in [1.29, 1.82) is 0 Å². The lowest BCUT2D eigenvalue weighted by atomic mass is 10.2. The van der Waals surface area contributed by atoms with Crippen LogP contribution in [0.25, 0.3) is 0 Å². The fraction of sp³-hybridized carbons (Fsp3) is 0.455. The summed E-state index contributed by atoms with van der Waals surface area (Å²) in [6.07, 6.45) is 0. The Bertz CT molecular complexity index is 269. The smallest absolute Gasteiger partial charge is 0.119 e. The van der Waals surface area contributed by atoms with Gasteiger partial charge in [0.2, 0.25) is 0 Å². The van der Waals surface area contributed by atoms with E-state index in [0.717, 1.165) is 17.9 Å². The second-order valence-electron chi connectivity index (χ2n) is 3.72. The molecule has 0 bridgehead atoms. The van der Waals surface area contributed by atoms with E-state index in [1.165, 1.54) is 0 Å². The van der Waals surface area contributed by atoms with Crippen molar-refractivity contribution in [2.75, 3.05) is 6.61 Å². The Kier molecular flexibility index (Phi) is 4.29. The molecule has 3 heteroatoms. The molecule has 1 unspecified atom stereocenters. The van der Waals surface area contributed by atoms with E-state index in [9.17, 15) is 0 Å². The molecule has 1 rings (SSSR count). The SMILES string of the molecule is CC(C)COc1ccc(C(N)S)cc1. The number of thiol groups is 1. The summed E-state index contributed by atoms with van der Waals surface area (Å²) in [5.74, 6) is 1.43. The Morgan fingerprint density at radius 1 is 1.29 bits per heavy atom. The average Bonchev–Trinajstić information content (AvgIpc) is 2.15. The highest BCUT2D eigenvalue weighted by atomic mass is 32.1. The highest BCUT2D eigenvalue weighted by Crippen LogP contribution is 2.18. The van der Waals surface area contributed by atoms with Gasteiger partial charge in [-0.15, -0.1) is 0 Å². The summed E-state index contributed by atoms with van der Waals surface area (Å²) < 4.78 is 5.54. The van der Waals surface area contributed by atoms with Crippen LogP contribution in [0.4, 0.5) is 0 Å². The van der Waals surface area contributed by atoms with E-state index in [-0.39, 0.29) is 5.37 Å². The predicted molar refractivity (Wildman–Crippen MR) is 62.7 cm³/mol. The Hall–Kier alpha value is -0.670. The lowest BCUT2D eigenvalue weighted by Crippen LogP contribution is -2.05. The molecule has 0 aliphatic carbocycles. The van der Waals surface area contributed by atoms with E-state index in [1.54, 1.807) is 0 Å². The fourth-order valence-corrected chi connectivity index (χ4v) is 1.20. The molecule has 78 valence electrons. The van der Waals surface area contributed by atoms with E-state index in [0.29, 0.717) is 5.92 Å². The van der Waals surface area contributed by atoms with Crippen LogP contribution < -0.4 is 10.5 Å². The van der Waals surface area contributed by atoms with Crippen LogP contribution in [0.15, 0.2) is 24.3 Å². The third-order valence-corrected chi connectivity index (χ3v) is 2.10. The highest BCUT2D eigenvalue weighted by molar-refractivity contribution is 7.80. The Balaban J connectivity index is 2.55. The highest BCUT2D eigenvalue weighted by Gasteiger charge is 2.00. The predicted octanol–water partition coefficient (Wildman–Crippen LogP) is 2.61. The van der Waals surface area contributed by atoms with Gasteiger partial charge in [-0.2, -0.15) is 12.6 Å². The van der Waals surface area contributed by atoms with Crippen molar-refractivity contribution in [2.45, 2.75) is 19.2 Å². The van der Waals surface area contributed by atoms with Gasteiger partial charge in [0.25, 0.3) is 0 Å². The molecule has 2 N–H and O–H groups in total. The van der Waals surface area contributed by atoms with Gasteiger partial charge < -0.3 is 10.5 Å². The number of hydrogen-bond acceptors (Lipinski definition) is 3. The van der Waals surface area contributed by atoms with Gasteiger partial charge in [0.05, 0.1) is 12.0 Å². The summed E-state index contributed by atoms with van der Waals surface area (Å²) >= 11 is 4.14. The fourth-order valence-electron chi connectivity index (χ4n) is 1.02. The van der Waals surface area contributed by atoms with Crippen molar-refractivity contribution in [3.63, 3.8) is 0 Å². The lowest BCUT2D eigenvalue weighted by molar-refractivity contribution is 0.271. The Morgan fingerprint density at radius 2 is 1.86 bits per heavy atom. The van der Waals surface area contributed by atoms with Crippen molar-refractivity contribution in [1.82, 2.24) is 0 Å². The maximum atomic E-state index is 5.61. The zero-order chi connectivity index (χ0) is 10.6. The van der Waals surface area contributed by atoms with Gasteiger partial charge >= 0.3 is 0 Å². The van der Waals surface area contributed by atoms with Crippen LogP contribution in [0.1, 0.15) is 24.8 Å². The Labute approximate surface area is 90.9 Å².